The van der Waals surface area contributed by atoms with Gasteiger partial charge in [0.15, 0.2) is 34.1 Å². The molecule has 10 aromatic rings. The van der Waals surface area contributed by atoms with Gasteiger partial charge in [-0.15, -0.1) is 23.5 Å². The van der Waals surface area contributed by atoms with Crippen molar-refractivity contribution in [3.05, 3.63) is 270 Å². The number of ether oxygens (including phenoxy) is 2. The molecule has 0 radical (unpaired) electrons. The first kappa shape index (κ1) is 39.2. The van der Waals surface area contributed by atoms with Crippen LogP contribution in [0.15, 0.2) is 207 Å². The zero-order chi connectivity index (χ0) is 115. The summed E-state index contributed by atoms with van der Waals surface area (Å²) in [6, 6.07) is -18.3. The van der Waals surface area contributed by atoms with Crippen LogP contribution in [0.5, 0.6) is 0 Å². The fourth-order valence-corrected chi connectivity index (χ4v) is 11.5. The molecule has 2 aliphatic rings. The van der Waals surface area contributed by atoms with Gasteiger partial charge in [0.25, 0.3) is 0 Å². The van der Waals surface area contributed by atoms with Crippen LogP contribution < -0.4 is 10.9 Å². The van der Waals surface area contributed by atoms with Crippen molar-refractivity contribution in [3.8, 4) is 22.3 Å². The Kier molecular flexibility index (Phi) is 13.0. The van der Waals surface area contributed by atoms with Crippen LogP contribution in [0.1, 0.15) is 138 Å². The lowest BCUT2D eigenvalue weighted by Crippen LogP contribution is -2.49. The number of likely N-dealkylation sites (tertiary alicyclic amines) is 2. The Hall–Kier alpha value is -9.04. The molecule has 2 saturated heterocycles. The Morgan fingerprint density at radius 1 is 0.585 bits per heavy atom. The van der Waals surface area contributed by atoms with Crippen molar-refractivity contribution in [1.82, 2.24) is 28.7 Å². The summed E-state index contributed by atoms with van der Waals surface area (Å²) in [5.74, 6) is -13.8. The Bertz CT molecular complexity index is 7130. The maximum atomic E-state index is 16.1. The molecule has 24 heteroatoms. The SMILES string of the molecule is [2H]C([2H])(CN1C([2H])([2H])C([2H])([2H])C([2H])(N(C(=O)C([2H])([2H])n2c(SCc3cccc(F)c3F)cc(=O)c3ccccc32)C([2H])(C)c2ccc(-c3ccc(C(F)(F)F)cc3)cc2)C([2H])([2H])C1([2H])[2H])OC.[2H]c1c([2H])c(F)c(F)c(CSc2c([2H])c(=O)c3c([2H])c([2H])c([2H])c([2H])c3n2C([2H])([2H])C(=O)N(C([2H])([2H])c2c([2H])c([2H])c(-c3c([2H])c([2H])c(C(F)(F)F)c([2H])c3[2H])c([2H])c2C)C2([2H])C([2H])([2H])C([2H])([2H])N(CC([2H])([2H])OC)C([2H])([2H])C2([2H])[2H])c1[2H]. The van der Waals surface area contributed by atoms with E-state index in [0.29, 0.717) is 30.4 Å². The third kappa shape index (κ3) is 19.0. The van der Waals surface area contributed by atoms with E-state index in [1.54, 1.807) is 0 Å². The van der Waals surface area contributed by atoms with Gasteiger partial charge in [0.05, 0.1) is 89.7 Å². The van der Waals surface area contributed by atoms with Crippen LogP contribution in [0.3, 0.4) is 0 Å². The number of alkyl halides is 6. The summed E-state index contributed by atoms with van der Waals surface area (Å²) in [7, 11) is 1.45. The largest absolute Gasteiger partial charge is 0.416 e. The average Bonchev–Trinajstić information content (AvgIpc) is 0.655. The van der Waals surface area contributed by atoms with Crippen molar-refractivity contribution in [2.24, 2.45) is 0 Å². The number of halogens is 10. The Labute approximate surface area is 678 Å². The summed E-state index contributed by atoms with van der Waals surface area (Å²) in [5, 5.41) is -3.61. The molecule has 106 heavy (non-hydrogen) atoms. The first-order valence-corrected chi connectivity index (χ1v) is 32.3. The Morgan fingerprint density at radius 2 is 1.16 bits per heavy atom. The Morgan fingerprint density at radius 3 is 1.81 bits per heavy atom. The highest BCUT2D eigenvalue weighted by atomic mass is 32.2. The lowest BCUT2D eigenvalue weighted by Gasteiger charge is -2.42. The van der Waals surface area contributed by atoms with E-state index in [-0.39, 0.29) is 53.7 Å². The van der Waals surface area contributed by atoms with E-state index < -0.39 is 351 Å². The van der Waals surface area contributed by atoms with E-state index in [4.69, 9.17) is 41.7 Å². The number of pyridine rings is 2. The van der Waals surface area contributed by atoms with Crippen molar-refractivity contribution < 1.29 is 123 Å². The van der Waals surface area contributed by atoms with Gasteiger partial charge in [-0.25, -0.2) is 17.6 Å². The third-order valence-electron chi connectivity index (χ3n) is 14.8. The molecule has 1 unspecified atom stereocenters. The summed E-state index contributed by atoms with van der Waals surface area (Å²) >= 11 is 0.249. The van der Waals surface area contributed by atoms with Gasteiger partial charge >= 0.3 is 12.4 Å². The van der Waals surface area contributed by atoms with Crippen LogP contribution in [-0.2, 0) is 62.4 Å². The minimum Gasteiger partial charge on any atom is -0.383 e. The molecule has 0 bridgehead atoms. The van der Waals surface area contributed by atoms with E-state index in [0.717, 1.165) is 62.6 Å². The molecule has 0 N–H and O–H groups in total. The number of carbonyl (C=O) groups is 2. The number of carbonyl (C=O) groups excluding carboxylic acids is 2. The summed E-state index contributed by atoms with van der Waals surface area (Å²) < 4.78 is 545. The molecule has 556 valence electrons. The van der Waals surface area contributed by atoms with E-state index >= 15 is 14.0 Å². The molecule has 2 fully saturated rings. The van der Waals surface area contributed by atoms with E-state index in [1.807, 2.05) is 0 Å². The maximum Gasteiger partial charge on any atom is 0.416 e. The number of piperidine rings is 2. The normalized spacial score (nSPS) is 25.9. The average molecular weight is 1540 g/mol. The molecule has 8 aromatic carbocycles. The van der Waals surface area contributed by atoms with Crippen LogP contribution in [0, 0.1) is 30.2 Å². The number of hydrogen-bond acceptors (Lipinski definition) is 10. The monoisotopic (exact) mass is 1540 g/mol. The molecule has 2 aromatic heterocycles. The van der Waals surface area contributed by atoms with Crippen LogP contribution in [0.25, 0.3) is 44.1 Å². The first-order valence-electron chi connectivity index (χ1n) is 52.3. The number of hydrogen-bond donors (Lipinski definition) is 0. The van der Waals surface area contributed by atoms with Crippen molar-refractivity contribution in [2.45, 2.75) is 111 Å². The Balaban J connectivity index is 0.000000291. The molecule has 2 aliphatic heterocycles. The highest BCUT2D eigenvalue weighted by Crippen LogP contribution is 2.37. The smallest absolute Gasteiger partial charge is 0.383 e. The van der Waals surface area contributed by atoms with Crippen LogP contribution in [-0.4, -0.2) is 119 Å². The van der Waals surface area contributed by atoms with Gasteiger partial charge in [-0.1, -0.05) is 115 Å². The summed E-state index contributed by atoms with van der Waals surface area (Å²) in [4.78, 5) is 57.1. The number of amides is 2. The van der Waals surface area contributed by atoms with Crippen LogP contribution in [0.4, 0.5) is 43.9 Å². The third-order valence-corrected chi connectivity index (χ3v) is 16.9. The van der Waals surface area contributed by atoms with Gasteiger partial charge in [-0.05, 0) is 139 Å². The zero-order valence-electron chi connectivity index (χ0n) is 98.8. The van der Waals surface area contributed by atoms with Gasteiger partial charge in [-0.2, -0.15) is 26.3 Å². The van der Waals surface area contributed by atoms with Gasteiger partial charge < -0.3 is 38.2 Å². The molecule has 2 amide bonds. The number of benzene rings is 8. The first-order chi connectivity index (χ1) is 68.0. The maximum absolute atomic E-state index is 16.1. The molecule has 1 atom stereocenters. The topological polar surface area (TPSA) is 110 Å². The summed E-state index contributed by atoms with van der Waals surface area (Å²) in [6.45, 7) is -38.8. The molecular formula is C82H80F10N6O6S2. The molecule has 12 nitrogen and oxygen atoms in total. The fraction of sp³-hybridized carbons (Fsp3) is 0.317. The quantitative estimate of drug-likeness (QED) is 0.0428. The number of nitrogens with zero attached hydrogens (tertiary/aromatic N) is 6. The van der Waals surface area contributed by atoms with E-state index in [2.05, 4.69) is 4.74 Å². The summed E-state index contributed by atoms with van der Waals surface area (Å²) in [5.41, 5.74) is -14.8. The van der Waals surface area contributed by atoms with Gasteiger partial charge in [0.2, 0.25) is 11.8 Å². The molecule has 0 aliphatic carbocycles. The van der Waals surface area contributed by atoms with Gasteiger partial charge in [0, 0.05) is 139 Å². The molecule has 0 spiro atoms. The lowest BCUT2D eigenvalue weighted by atomic mass is 9.96. The number of para-hydroxylation sites is 2. The van der Waals surface area contributed by atoms with Crippen LogP contribution in [0.2, 0.25) is 0 Å². The minimum atomic E-state index is -5.57. The van der Waals surface area contributed by atoms with Crippen molar-refractivity contribution in [2.75, 3.05) is 66.4 Å². The molecule has 12 rings (SSSR count). The van der Waals surface area contributed by atoms with Gasteiger partial charge in [0.1, 0.15) is 13.0 Å². The second kappa shape index (κ2) is 35.1. The van der Waals surface area contributed by atoms with Crippen LogP contribution >= 0.6 is 23.5 Å². The predicted octanol–water partition coefficient (Wildman–Crippen LogP) is 17.7. The number of thioether (sulfide) groups is 2. The number of fused-ring (bicyclic) bond motifs is 2. The second-order valence-corrected chi connectivity index (χ2v) is 23.6. The van der Waals surface area contributed by atoms with Gasteiger partial charge in [-0.3, -0.25) is 19.2 Å². The molecule has 0 saturated carbocycles. The minimum absolute atomic E-state index is 0.205. The predicted molar refractivity (Wildman–Crippen MR) is 395 cm³/mol. The number of aromatic nitrogens is 2. The van der Waals surface area contributed by atoms with Crippen molar-refractivity contribution in [1.29, 1.82) is 0 Å². The highest BCUT2D eigenvalue weighted by Gasteiger charge is 2.35. The van der Waals surface area contributed by atoms with E-state index in [9.17, 15) is 72.4 Å². The van der Waals surface area contributed by atoms with Crippen molar-refractivity contribution >= 4 is 57.1 Å². The molecular weight excluding hydrogens is 1420 g/mol. The van der Waals surface area contributed by atoms with Crippen molar-refractivity contribution in [3.63, 3.8) is 0 Å². The summed E-state index contributed by atoms with van der Waals surface area (Å²) in [6.07, 6.45) is -28.6. The zero-order valence-corrected chi connectivity index (χ0v) is 56.4. The fourth-order valence-electron chi connectivity index (χ4n) is 9.56. The number of methoxy groups -OCH3 is 2. The second-order valence-electron chi connectivity index (χ2n) is 21.7. The highest BCUT2D eigenvalue weighted by molar-refractivity contribution is 7.98. The molecule has 4 heterocycles. The number of rotatable bonds is 24. The van der Waals surface area contributed by atoms with E-state index in [1.165, 1.54) is 48.5 Å². The standard InChI is InChI=1S/2C41H40F5N3O3S/c1-27(28-10-12-29(13-11-28)30-14-16-32(17-15-30)41(44,45)46)49(33-18-20-47(21-19-33)22-23-52-2)38(51)25-48-36-9-4-3-7-34(36)37(50)24-39(48)53-26-31-6-5-8-35(42)40(31)43;1-27-22-29(28-12-14-32(15-13-28)41(44,45)46)10-11-30(27)24-48(33-16-18-47(19-17-33)20-21-52-2)38(51)25-49-36-9-4-3-7-34(36)37(50)23-39(49)53-26-31-6-5-8-35(42)40(31)43/h3-17,24,27,33H,18-23,25-26H2,1-2H3;3-15,22-23,33H,16-21,24-26H2,1-2H3/i18D2,19D2,20D2,21D2,23D2,25D2,27D,33D;3D,4D,5D,6D,7D,8D,9D,10D,11D,12D,13D,14D,15D,16D2,17D2,18D2,19D2,21D2,22D,23D,24D2,25D2,33D. The lowest BCUT2D eigenvalue weighted by molar-refractivity contribution is -0.138.